The number of benzene rings is 1. The number of hydrogen-bond acceptors (Lipinski definition) is 3. The molecule has 0 spiro atoms. The van der Waals surface area contributed by atoms with Crippen LogP contribution in [0, 0.1) is 13.8 Å². The molecule has 2 aromatic heterocycles. The van der Waals surface area contributed by atoms with Crippen LogP contribution in [-0.4, -0.2) is 20.4 Å². The van der Waals surface area contributed by atoms with Crippen molar-refractivity contribution in [2.75, 3.05) is 0 Å². The van der Waals surface area contributed by atoms with Crippen LogP contribution in [0.5, 0.6) is 0 Å². The van der Waals surface area contributed by atoms with Gasteiger partial charge < -0.3 is 4.98 Å². The molecule has 0 aliphatic carbocycles. The summed E-state index contributed by atoms with van der Waals surface area (Å²) in [6.45, 7) is 4.00. The Labute approximate surface area is 90.5 Å². The van der Waals surface area contributed by atoms with E-state index in [0.29, 0.717) is 16.6 Å². The summed E-state index contributed by atoms with van der Waals surface area (Å²) in [5.41, 5.74) is 3.82. The maximum atomic E-state index is 12.1. The standard InChI is InChI=1S/C11H10N4O/c1-5-3-7-8(4-6(5)2)12-11-9(10(7)16)13-15-14-11/h3-4H,1-2H3,(H2,12,13,14,15,16). The van der Waals surface area contributed by atoms with Crippen molar-refractivity contribution in [2.24, 2.45) is 0 Å². The molecule has 1 aromatic carbocycles. The Morgan fingerprint density at radius 3 is 2.69 bits per heavy atom. The van der Waals surface area contributed by atoms with E-state index < -0.39 is 0 Å². The van der Waals surface area contributed by atoms with Crippen molar-refractivity contribution < 1.29 is 0 Å². The fourth-order valence-corrected chi connectivity index (χ4v) is 1.84. The summed E-state index contributed by atoms with van der Waals surface area (Å²) in [5, 5.41) is 10.8. The van der Waals surface area contributed by atoms with Gasteiger partial charge in [0.15, 0.2) is 11.2 Å². The SMILES string of the molecule is Cc1cc2[nH]c3n[nH]nc3c(=O)c2cc1C. The summed E-state index contributed by atoms with van der Waals surface area (Å²) in [6.07, 6.45) is 0. The number of aromatic amines is 2. The monoisotopic (exact) mass is 214 g/mol. The van der Waals surface area contributed by atoms with Crippen LogP contribution in [0.3, 0.4) is 0 Å². The molecule has 16 heavy (non-hydrogen) atoms. The summed E-state index contributed by atoms with van der Waals surface area (Å²) in [5.74, 6) is 0. The zero-order valence-corrected chi connectivity index (χ0v) is 8.96. The van der Waals surface area contributed by atoms with Gasteiger partial charge in [-0.05, 0) is 37.1 Å². The lowest BCUT2D eigenvalue weighted by Gasteiger charge is -2.02. The number of H-pyrrole nitrogens is 2. The number of rotatable bonds is 0. The molecule has 0 amide bonds. The molecule has 0 saturated heterocycles. The number of fused-ring (bicyclic) bond motifs is 2. The van der Waals surface area contributed by atoms with E-state index in [1.54, 1.807) is 0 Å². The van der Waals surface area contributed by atoms with Gasteiger partial charge in [0.05, 0.1) is 5.52 Å². The number of aromatic nitrogens is 4. The van der Waals surface area contributed by atoms with Crippen molar-refractivity contribution in [3.05, 3.63) is 33.5 Å². The Morgan fingerprint density at radius 2 is 1.88 bits per heavy atom. The zero-order valence-electron chi connectivity index (χ0n) is 8.96. The van der Waals surface area contributed by atoms with E-state index in [9.17, 15) is 4.79 Å². The van der Waals surface area contributed by atoms with Crippen molar-refractivity contribution in [1.82, 2.24) is 20.4 Å². The minimum atomic E-state index is -0.0828. The lowest BCUT2D eigenvalue weighted by atomic mass is 10.1. The minimum absolute atomic E-state index is 0.0828. The second-order valence-corrected chi connectivity index (χ2v) is 3.96. The van der Waals surface area contributed by atoms with Crippen LogP contribution in [0.4, 0.5) is 0 Å². The highest BCUT2D eigenvalue weighted by atomic mass is 16.1. The van der Waals surface area contributed by atoms with E-state index in [1.165, 1.54) is 0 Å². The van der Waals surface area contributed by atoms with Crippen LogP contribution in [0.2, 0.25) is 0 Å². The van der Waals surface area contributed by atoms with Crippen LogP contribution in [-0.2, 0) is 0 Å². The van der Waals surface area contributed by atoms with Gasteiger partial charge in [-0.3, -0.25) is 4.79 Å². The molecule has 2 heterocycles. The third kappa shape index (κ3) is 1.08. The molecule has 0 unspecified atom stereocenters. The first-order chi connectivity index (χ1) is 7.66. The molecule has 2 N–H and O–H groups in total. The van der Waals surface area contributed by atoms with Crippen molar-refractivity contribution >= 4 is 22.1 Å². The Hall–Kier alpha value is -2.17. The first kappa shape index (κ1) is 9.08. The molecule has 80 valence electrons. The fourth-order valence-electron chi connectivity index (χ4n) is 1.84. The van der Waals surface area contributed by atoms with Gasteiger partial charge in [-0.2, -0.15) is 10.3 Å². The highest BCUT2D eigenvalue weighted by molar-refractivity contribution is 5.89. The number of nitrogens with one attached hydrogen (secondary N) is 2. The van der Waals surface area contributed by atoms with Gasteiger partial charge in [-0.15, -0.1) is 5.10 Å². The van der Waals surface area contributed by atoms with Gasteiger partial charge in [0.1, 0.15) is 0 Å². The lowest BCUT2D eigenvalue weighted by molar-refractivity contribution is 0.954. The molecule has 5 nitrogen and oxygen atoms in total. The fraction of sp³-hybridized carbons (Fsp3) is 0.182. The maximum Gasteiger partial charge on any atom is 0.219 e. The summed E-state index contributed by atoms with van der Waals surface area (Å²) >= 11 is 0. The van der Waals surface area contributed by atoms with E-state index in [1.807, 2.05) is 26.0 Å². The Bertz CT molecular complexity index is 754. The van der Waals surface area contributed by atoms with Crippen LogP contribution in [0.25, 0.3) is 22.1 Å². The average molecular weight is 214 g/mol. The number of nitrogens with zero attached hydrogens (tertiary/aromatic N) is 2. The van der Waals surface area contributed by atoms with Gasteiger partial charge in [-0.1, -0.05) is 0 Å². The molecule has 0 aliphatic rings. The van der Waals surface area contributed by atoms with E-state index in [0.717, 1.165) is 16.6 Å². The minimum Gasteiger partial charge on any atom is -0.336 e. The third-order valence-corrected chi connectivity index (χ3v) is 2.89. The van der Waals surface area contributed by atoms with Gasteiger partial charge in [0.2, 0.25) is 5.43 Å². The van der Waals surface area contributed by atoms with Gasteiger partial charge in [-0.25, -0.2) is 0 Å². The molecule has 0 saturated carbocycles. The lowest BCUT2D eigenvalue weighted by Crippen LogP contribution is -2.04. The molecular formula is C11H10N4O. The number of aryl methyl sites for hydroxylation is 2. The van der Waals surface area contributed by atoms with Gasteiger partial charge >= 0.3 is 0 Å². The van der Waals surface area contributed by atoms with Crippen molar-refractivity contribution in [1.29, 1.82) is 0 Å². The van der Waals surface area contributed by atoms with Crippen molar-refractivity contribution in [2.45, 2.75) is 13.8 Å². The first-order valence-electron chi connectivity index (χ1n) is 5.00. The predicted molar refractivity (Wildman–Crippen MR) is 61.5 cm³/mol. The largest absolute Gasteiger partial charge is 0.336 e. The first-order valence-corrected chi connectivity index (χ1v) is 5.00. The molecule has 3 aromatic rings. The van der Waals surface area contributed by atoms with Crippen molar-refractivity contribution in [3.63, 3.8) is 0 Å². The molecule has 0 fully saturated rings. The highest BCUT2D eigenvalue weighted by Crippen LogP contribution is 2.16. The van der Waals surface area contributed by atoms with Crippen LogP contribution in [0.15, 0.2) is 16.9 Å². The van der Waals surface area contributed by atoms with Crippen LogP contribution in [0.1, 0.15) is 11.1 Å². The summed E-state index contributed by atoms with van der Waals surface area (Å²) in [6, 6.07) is 3.85. The molecule has 0 bridgehead atoms. The van der Waals surface area contributed by atoms with Gasteiger partial charge in [0.25, 0.3) is 0 Å². The quantitative estimate of drug-likeness (QED) is 0.594. The topological polar surface area (TPSA) is 74.4 Å². The second kappa shape index (κ2) is 2.91. The summed E-state index contributed by atoms with van der Waals surface area (Å²) in [4.78, 5) is 15.2. The summed E-state index contributed by atoms with van der Waals surface area (Å²) < 4.78 is 0. The molecule has 0 radical (unpaired) electrons. The normalized spacial score (nSPS) is 11.4. The van der Waals surface area contributed by atoms with Crippen molar-refractivity contribution in [3.8, 4) is 0 Å². The van der Waals surface area contributed by atoms with Crippen LogP contribution < -0.4 is 5.43 Å². The Balaban J connectivity index is 2.62. The van der Waals surface area contributed by atoms with E-state index >= 15 is 0 Å². The maximum absolute atomic E-state index is 12.1. The number of hydrogen-bond donors (Lipinski definition) is 2. The number of pyridine rings is 1. The molecular weight excluding hydrogens is 204 g/mol. The third-order valence-electron chi connectivity index (χ3n) is 2.89. The van der Waals surface area contributed by atoms with E-state index in [4.69, 9.17) is 0 Å². The smallest absolute Gasteiger partial charge is 0.219 e. The van der Waals surface area contributed by atoms with Gasteiger partial charge in [0, 0.05) is 5.39 Å². The average Bonchev–Trinajstić information content (AvgIpc) is 2.70. The Morgan fingerprint density at radius 1 is 1.12 bits per heavy atom. The zero-order chi connectivity index (χ0) is 11.3. The predicted octanol–water partition coefficient (Wildman–Crippen LogP) is 1.42. The molecule has 0 aliphatic heterocycles. The summed E-state index contributed by atoms with van der Waals surface area (Å²) in [7, 11) is 0. The van der Waals surface area contributed by atoms with E-state index in [2.05, 4.69) is 20.4 Å². The molecule has 3 rings (SSSR count). The highest BCUT2D eigenvalue weighted by Gasteiger charge is 2.09. The molecule has 5 heteroatoms. The molecule has 0 atom stereocenters. The Kier molecular flexibility index (Phi) is 1.65. The van der Waals surface area contributed by atoms with Crippen LogP contribution >= 0.6 is 0 Å². The second-order valence-electron chi connectivity index (χ2n) is 3.96. The van der Waals surface area contributed by atoms with E-state index in [-0.39, 0.29) is 5.43 Å².